The Kier molecular flexibility index (Phi) is 4.93. The van der Waals surface area contributed by atoms with Crippen LogP contribution in [0.2, 0.25) is 0 Å². The van der Waals surface area contributed by atoms with Crippen molar-refractivity contribution in [3.63, 3.8) is 0 Å². The Morgan fingerprint density at radius 1 is 1.22 bits per heavy atom. The maximum atomic E-state index is 12.1. The van der Waals surface area contributed by atoms with Gasteiger partial charge in [0.15, 0.2) is 5.12 Å². The number of carbonyl (C=O) groups excluding carboxylic acids is 1. The maximum absolute atomic E-state index is 12.1. The lowest BCUT2D eigenvalue weighted by atomic mass is 9.72. The lowest BCUT2D eigenvalue weighted by Gasteiger charge is -2.35. The molecule has 2 nitrogen and oxygen atoms in total. The van der Waals surface area contributed by atoms with E-state index >= 15 is 0 Å². The zero-order valence-electron chi connectivity index (χ0n) is 12.7. The second-order valence-electron chi connectivity index (χ2n) is 6.85. The molecule has 1 aliphatic rings. The molecule has 3 heteroatoms. The molecule has 0 N–H and O–H groups in total. The predicted molar refractivity (Wildman–Crippen MR) is 81.2 cm³/mol. The Morgan fingerprint density at radius 3 is 2.11 bits per heavy atom. The number of carbonyl (C=O) groups is 1. The van der Waals surface area contributed by atoms with Gasteiger partial charge in [-0.2, -0.15) is 10.0 Å². The third-order valence-corrected chi connectivity index (χ3v) is 5.17. The van der Waals surface area contributed by atoms with Crippen LogP contribution < -0.4 is 0 Å². The van der Waals surface area contributed by atoms with Crippen LogP contribution in [0, 0.1) is 11.3 Å². The molecule has 0 heterocycles. The van der Waals surface area contributed by atoms with Gasteiger partial charge in [0.05, 0.1) is 7.11 Å². The highest BCUT2D eigenvalue weighted by Crippen LogP contribution is 2.42. The summed E-state index contributed by atoms with van der Waals surface area (Å²) in [6.07, 6.45) is 12.6. The molecule has 1 aliphatic carbocycles. The first-order chi connectivity index (χ1) is 8.15. The largest absolute Gasteiger partial charge is 0.501 e. The van der Waals surface area contributed by atoms with E-state index in [0.717, 1.165) is 18.6 Å². The van der Waals surface area contributed by atoms with E-state index in [9.17, 15) is 4.79 Å². The molecule has 1 fully saturated rings. The van der Waals surface area contributed by atoms with E-state index in [1.807, 2.05) is 18.8 Å². The average molecular weight is 272 g/mol. The van der Waals surface area contributed by atoms with Gasteiger partial charge in [0.25, 0.3) is 0 Å². The molecule has 0 radical (unpaired) electrons. The van der Waals surface area contributed by atoms with Crippen molar-refractivity contribution < 1.29 is 9.53 Å². The van der Waals surface area contributed by atoms with Crippen molar-refractivity contribution in [1.82, 2.24) is 0 Å². The van der Waals surface area contributed by atoms with Gasteiger partial charge >= 0.3 is 0 Å². The summed E-state index contributed by atoms with van der Waals surface area (Å²) in [5.74, 6) is 1.34. The monoisotopic (exact) mass is 272 g/mol. The Balaban J connectivity index is 2.74. The summed E-state index contributed by atoms with van der Waals surface area (Å²) in [4.78, 5) is 12.1. The van der Waals surface area contributed by atoms with Crippen LogP contribution in [0.15, 0.2) is 11.8 Å². The van der Waals surface area contributed by atoms with Crippen molar-refractivity contribution in [3.05, 3.63) is 11.8 Å². The van der Waals surface area contributed by atoms with Crippen LogP contribution in [0.1, 0.15) is 39.5 Å². The van der Waals surface area contributed by atoms with Crippen molar-refractivity contribution >= 4 is 15.1 Å². The fourth-order valence-electron chi connectivity index (χ4n) is 2.32. The molecule has 0 saturated heterocycles. The molecule has 0 unspecified atom stereocenters. The van der Waals surface area contributed by atoms with E-state index in [1.165, 1.54) is 12.8 Å². The molecular weight excluding hydrogens is 244 g/mol. The summed E-state index contributed by atoms with van der Waals surface area (Å²) in [6.45, 7) is 4.65. The van der Waals surface area contributed by atoms with Crippen molar-refractivity contribution in [2.75, 3.05) is 25.9 Å². The van der Waals surface area contributed by atoms with Gasteiger partial charge in [0.2, 0.25) is 0 Å². The predicted octanol–water partition coefficient (Wildman–Crippen LogP) is 3.95. The van der Waals surface area contributed by atoms with Crippen LogP contribution in [-0.2, 0) is 9.53 Å². The van der Waals surface area contributed by atoms with E-state index in [0.29, 0.717) is 11.3 Å². The van der Waals surface area contributed by atoms with Crippen LogP contribution in [0.3, 0.4) is 0 Å². The third kappa shape index (κ3) is 4.34. The standard InChI is InChI=1S/C15H28O2S/c1-15(2)9-7-12(8-10-15)13(17-3)11-14(16)18(4,5)6/h11-12H,7-10H2,1-6H3/b13-11-. The quantitative estimate of drug-likeness (QED) is 0.574. The molecule has 0 spiro atoms. The average Bonchev–Trinajstić information content (AvgIpc) is 2.24. The van der Waals surface area contributed by atoms with E-state index < -0.39 is 10.0 Å². The van der Waals surface area contributed by atoms with Gasteiger partial charge < -0.3 is 4.74 Å². The first-order valence-electron chi connectivity index (χ1n) is 6.63. The highest BCUT2D eigenvalue weighted by molar-refractivity contribution is 8.44. The topological polar surface area (TPSA) is 26.3 Å². The number of allylic oxidation sites excluding steroid dienone is 1. The zero-order valence-corrected chi connectivity index (χ0v) is 13.5. The molecule has 106 valence electrons. The second-order valence-corrected chi connectivity index (χ2v) is 10.9. The Morgan fingerprint density at radius 2 is 1.72 bits per heavy atom. The van der Waals surface area contributed by atoms with Crippen molar-refractivity contribution in [2.45, 2.75) is 39.5 Å². The molecule has 0 aliphatic heterocycles. The van der Waals surface area contributed by atoms with Gasteiger partial charge in [-0.1, -0.05) is 13.8 Å². The molecule has 0 aromatic heterocycles. The fourth-order valence-corrected chi connectivity index (χ4v) is 2.79. The number of methoxy groups -OCH3 is 1. The lowest BCUT2D eigenvalue weighted by molar-refractivity contribution is -0.107. The van der Waals surface area contributed by atoms with Gasteiger partial charge in [-0.15, -0.1) is 0 Å². The van der Waals surface area contributed by atoms with E-state index in [2.05, 4.69) is 13.8 Å². The van der Waals surface area contributed by atoms with Crippen molar-refractivity contribution in [3.8, 4) is 0 Å². The number of hydrogen-bond acceptors (Lipinski definition) is 2. The normalized spacial score (nSPS) is 22.7. The van der Waals surface area contributed by atoms with Crippen LogP contribution in [-0.4, -0.2) is 31.0 Å². The van der Waals surface area contributed by atoms with Gasteiger partial charge in [-0.25, -0.2) is 0 Å². The minimum Gasteiger partial charge on any atom is -0.501 e. The van der Waals surface area contributed by atoms with Gasteiger partial charge in [-0.05, 0) is 49.9 Å². The molecular formula is C15H28O2S. The number of hydrogen-bond donors (Lipinski definition) is 0. The summed E-state index contributed by atoms with van der Waals surface area (Å²) in [7, 11) is 0.527. The summed E-state index contributed by atoms with van der Waals surface area (Å²) in [6, 6.07) is 0. The maximum Gasteiger partial charge on any atom is 0.197 e. The first kappa shape index (κ1) is 15.6. The van der Waals surface area contributed by atoms with Crippen molar-refractivity contribution in [1.29, 1.82) is 0 Å². The minimum atomic E-state index is -1.16. The van der Waals surface area contributed by atoms with Gasteiger partial charge in [-0.3, -0.25) is 4.79 Å². The van der Waals surface area contributed by atoms with Crippen molar-refractivity contribution in [2.24, 2.45) is 11.3 Å². The zero-order chi connectivity index (χ0) is 14.0. The Labute approximate surface area is 113 Å². The van der Waals surface area contributed by atoms with Crippen LogP contribution in [0.25, 0.3) is 0 Å². The molecule has 1 saturated carbocycles. The highest BCUT2D eigenvalue weighted by Gasteiger charge is 2.30. The van der Waals surface area contributed by atoms with Gasteiger partial charge in [0.1, 0.15) is 5.76 Å². The van der Waals surface area contributed by atoms with Crippen LogP contribution >= 0.6 is 10.0 Å². The summed E-state index contributed by atoms with van der Waals surface area (Å²) in [5.41, 5.74) is 0.453. The molecule has 0 bridgehead atoms. The molecule has 0 amide bonds. The summed E-state index contributed by atoms with van der Waals surface area (Å²) in [5, 5.41) is 0.240. The van der Waals surface area contributed by atoms with E-state index in [-0.39, 0.29) is 5.12 Å². The SMILES string of the molecule is CO/C(=C\C(=O)S(C)(C)C)C1CCC(C)(C)CC1. The molecule has 0 aromatic carbocycles. The van der Waals surface area contributed by atoms with E-state index in [4.69, 9.17) is 4.74 Å². The molecule has 18 heavy (non-hydrogen) atoms. The van der Waals surface area contributed by atoms with Crippen LogP contribution in [0.4, 0.5) is 0 Å². The van der Waals surface area contributed by atoms with E-state index in [1.54, 1.807) is 13.2 Å². The molecule has 0 atom stereocenters. The van der Waals surface area contributed by atoms with Gasteiger partial charge in [0, 0.05) is 12.0 Å². The first-order valence-corrected chi connectivity index (χ1v) is 9.49. The smallest absolute Gasteiger partial charge is 0.197 e. The second kappa shape index (κ2) is 5.68. The Hall–Kier alpha value is -0.440. The summed E-state index contributed by atoms with van der Waals surface area (Å²) < 4.78 is 5.48. The fraction of sp³-hybridized carbons (Fsp3) is 0.800. The molecule has 0 aromatic rings. The third-order valence-electron chi connectivity index (χ3n) is 3.84. The minimum absolute atomic E-state index is 0.240. The lowest BCUT2D eigenvalue weighted by Crippen LogP contribution is -2.23. The molecule has 1 rings (SSSR count). The summed E-state index contributed by atoms with van der Waals surface area (Å²) >= 11 is 0. The number of rotatable bonds is 3. The highest BCUT2D eigenvalue weighted by atomic mass is 32.3. The van der Waals surface area contributed by atoms with Crippen LogP contribution in [0.5, 0.6) is 0 Å². The number of ether oxygens (including phenoxy) is 1. The Bertz CT molecular complexity index is 327.